The number of ether oxygens (including phenoxy) is 1. The predicted molar refractivity (Wildman–Crippen MR) is 63.2 cm³/mol. The molecule has 0 amide bonds. The van der Waals surface area contributed by atoms with Crippen LogP contribution in [0.2, 0.25) is 0 Å². The topological polar surface area (TPSA) is 21.3 Å². The van der Waals surface area contributed by atoms with Gasteiger partial charge in [-0.25, -0.2) is 4.39 Å². The van der Waals surface area contributed by atoms with Crippen molar-refractivity contribution in [1.82, 2.24) is 0 Å². The molecule has 3 heteroatoms. The van der Waals surface area contributed by atoms with Gasteiger partial charge < -0.3 is 10.1 Å². The van der Waals surface area contributed by atoms with Crippen molar-refractivity contribution >= 4 is 5.69 Å². The molecular weight excluding hydrogens is 205 g/mol. The molecule has 0 saturated heterocycles. The van der Waals surface area contributed by atoms with E-state index in [0.29, 0.717) is 17.7 Å². The van der Waals surface area contributed by atoms with Crippen molar-refractivity contribution in [1.29, 1.82) is 0 Å². The molecule has 0 atom stereocenters. The van der Waals surface area contributed by atoms with Gasteiger partial charge >= 0.3 is 0 Å². The van der Waals surface area contributed by atoms with Crippen molar-refractivity contribution in [2.45, 2.75) is 38.8 Å². The zero-order chi connectivity index (χ0) is 11.5. The molecular formula is C13H18FNO. The third-order valence-corrected chi connectivity index (χ3v) is 3.03. The number of nitrogens with one attached hydrogen (secondary N) is 1. The van der Waals surface area contributed by atoms with Crippen molar-refractivity contribution < 1.29 is 9.13 Å². The zero-order valence-corrected chi connectivity index (χ0v) is 9.79. The highest BCUT2D eigenvalue weighted by molar-refractivity contribution is 5.47. The van der Waals surface area contributed by atoms with E-state index in [1.165, 1.54) is 6.07 Å². The fourth-order valence-corrected chi connectivity index (χ4v) is 2.03. The highest BCUT2D eigenvalue weighted by Gasteiger charge is 2.29. The Morgan fingerprint density at radius 1 is 1.44 bits per heavy atom. The molecule has 0 radical (unpaired) electrons. The van der Waals surface area contributed by atoms with Crippen LogP contribution in [0, 0.1) is 12.7 Å². The summed E-state index contributed by atoms with van der Waals surface area (Å²) < 4.78 is 18.5. The van der Waals surface area contributed by atoms with Gasteiger partial charge in [-0.1, -0.05) is 0 Å². The van der Waals surface area contributed by atoms with E-state index in [2.05, 4.69) is 5.32 Å². The van der Waals surface area contributed by atoms with Crippen molar-refractivity contribution in [2.75, 3.05) is 11.9 Å². The highest BCUT2D eigenvalue weighted by Crippen LogP contribution is 2.27. The van der Waals surface area contributed by atoms with Gasteiger partial charge in [-0.15, -0.1) is 0 Å². The van der Waals surface area contributed by atoms with Crippen LogP contribution in [0.15, 0.2) is 18.2 Å². The van der Waals surface area contributed by atoms with Crippen LogP contribution in [-0.2, 0) is 4.74 Å². The maximum atomic E-state index is 13.0. The summed E-state index contributed by atoms with van der Waals surface area (Å²) in [4.78, 5) is 0. The van der Waals surface area contributed by atoms with E-state index in [9.17, 15) is 4.39 Å². The van der Waals surface area contributed by atoms with Crippen molar-refractivity contribution in [2.24, 2.45) is 0 Å². The molecule has 2 nitrogen and oxygen atoms in total. The van der Waals surface area contributed by atoms with E-state index in [1.807, 2.05) is 13.0 Å². The monoisotopic (exact) mass is 223 g/mol. The largest absolute Gasteiger partial charge is 0.382 e. The normalized spacial score (nSPS) is 23.9. The van der Waals surface area contributed by atoms with Gasteiger partial charge in [0.05, 0.1) is 6.10 Å². The number of hydrogen-bond acceptors (Lipinski definition) is 2. The van der Waals surface area contributed by atoms with E-state index in [1.54, 1.807) is 13.0 Å². The summed E-state index contributed by atoms with van der Waals surface area (Å²) in [7, 11) is 0. The average molecular weight is 223 g/mol. The molecule has 0 spiro atoms. The molecule has 1 aromatic rings. The summed E-state index contributed by atoms with van der Waals surface area (Å²) in [5.41, 5.74) is 1.68. The molecule has 0 aliphatic heterocycles. The van der Waals surface area contributed by atoms with Gasteiger partial charge in [0.25, 0.3) is 0 Å². The molecule has 1 aromatic carbocycles. The number of anilines is 1. The van der Waals surface area contributed by atoms with Crippen molar-refractivity contribution in [3.63, 3.8) is 0 Å². The quantitative estimate of drug-likeness (QED) is 0.846. The molecule has 0 bridgehead atoms. The van der Waals surface area contributed by atoms with Crippen molar-refractivity contribution in [3.05, 3.63) is 29.6 Å². The molecule has 1 fully saturated rings. The van der Waals surface area contributed by atoms with E-state index < -0.39 is 0 Å². The first-order chi connectivity index (χ1) is 7.69. The van der Waals surface area contributed by atoms with Crippen LogP contribution in [0.1, 0.15) is 25.3 Å². The van der Waals surface area contributed by atoms with E-state index >= 15 is 0 Å². The molecule has 2 rings (SSSR count). The standard InChI is InChI=1S/C13H18FNO/c1-3-16-12-7-11(8-12)15-10-4-5-13(14)9(2)6-10/h4-6,11-12,15H,3,7-8H2,1-2H3. The molecule has 1 aliphatic rings. The Hall–Kier alpha value is -1.09. The van der Waals surface area contributed by atoms with Gasteiger partial charge in [0.15, 0.2) is 0 Å². The van der Waals surface area contributed by atoms with Gasteiger partial charge in [-0.2, -0.15) is 0 Å². The molecule has 1 aliphatic carbocycles. The Balaban J connectivity index is 1.84. The summed E-state index contributed by atoms with van der Waals surface area (Å²) in [6.07, 6.45) is 2.50. The summed E-state index contributed by atoms with van der Waals surface area (Å²) in [6, 6.07) is 5.62. The van der Waals surface area contributed by atoms with Gasteiger partial charge in [0.1, 0.15) is 5.82 Å². The summed E-state index contributed by atoms with van der Waals surface area (Å²) in [5.74, 6) is -0.147. The lowest BCUT2D eigenvalue weighted by Crippen LogP contribution is -2.40. The third kappa shape index (κ3) is 2.53. The van der Waals surface area contributed by atoms with Crippen molar-refractivity contribution in [3.8, 4) is 0 Å². The number of hydrogen-bond donors (Lipinski definition) is 1. The third-order valence-electron chi connectivity index (χ3n) is 3.03. The maximum Gasteiger partial charge on any atom is 0.126 e. The Kier molecular flexibility index (Phi) is 3.44. The summed E-state index contributed by atoms with van der Waals surface area (Å²) >= 11 is 0. The van der Waals surface area contributed by atoms with Gasteiger partial charge in [0, 0.05) is 18.3 Å². The predicted octanol–water partition coefficient (Wildman–Crippen LogP) is 3.11. The average Bonchev–Trinajstić information content (AvgIpc) is 2.20. The Bertz CT molecular complexity index is 361. The van der Waals surface area contributed by atoms with E-state index in [4.69, 9.17) is 4.74 Å². The number of rotatable bonds is 4. The molecule has 88 valence electrons. The summed E-state index contributed by atoms with van der Waals surface area (Å²) in [5, 5.41) is 3.39. The second kappa shape index (κ2) is 4.83. The molecule has 16 heavy (non-hydrogen) atoms. The van der Waals surface area contributed by atoms with Crippen LogP contribution in [-0.4, -0.2) is 18.8 Å². The van der Waals surface area contributed by atoms with E-state index in [-0.39, 0.29) is 5.82 Å². The highest BCUT2D eigenvalue weighted by atomic mass is 19.1. The van der Waals surface area contributed by atoms with Crippen LogP contribution < -0.4 is 5.32 Å². The lowest BCUT2D eigenvalue weighted by Gasteiger charge is -2.36. The van der Waals surface area contributed by atoms with Crippen LogP contribution >= 0.6 is 0 Å². The Labute approximate surface area is 95.8 Å². The number of benzene rings is 1. The molecule has 1 saturated carbocycles. The van der Waals surface area contributed by atoms with Gasteiger partial charge in [0.2, 0.25) is 0 Å². The van der Waals surface area contributed by atoms with Crippen LogP contribution in [0.25, 0.3) is 0 Å². The van der Waals surface area contributed by atoms with Crippen LogP contribution in [0.4, 0.5) is 10.1 Å². The lowest BCUT2D eigenvalue weighted by atomic mass is 9.89. The second-order valence-corrected chi connectivity index (χ2v) is 4.35. The Morgan fingerprint density at radius 3 is 2.81 bits per heavy atom. The fourth-order valence-electron chi connectivity index (χ4n) is 2.03. The first-order valence-corrected chi connectivity index (χ1v) is 5.83. The minimum atomic E-state index is -0.147. The maximum absolute atomic E-state index is 13.0. The smallest absolute Gasteiger partial charge is 0.126 e. The second-order valence-electron chi connectivity index (χ2n) is 4.35. The lowest BCUT2D eigenvalue weighted by molar-refractivity contribution is 0.00299. The summed E-state index contributed by atoms with van der Waals surface area (Å²) in [6.45, 7) is 4.58. The molecule has 0 heterocycles. The number of aryl methyl sites for hydroxylation is 1. The first kappa shape index (κ1) is 11.4. The molecule has 0 aromatic heterocycles. The first-order valence-electron chi connectivity index (χ1n) is 5.83. The molecule has 0 unspecified atom stereocenters. The minimum absolute atomic E-state index is 0.147. The van der Waals surface area contributed by atoms with Crippen LogP contribution in [0.5, 0.6) is 0 Å². The van der Waals surface area contributed by atoms with Crippen LogP contribution in [0.3, 0.4) is 0 Å². The molecule has 1 N–H and O–H groups in total. The van der Waals surface area contributed by atoms with E-state index in [0.717, 1.165) is 25.1 Å². The van der Waals surface area contributed by atoms with Gasteiger partial charge in [-0.05, 0) is 50.5 Å². The number of halogens is 1. The van der Waals surface area contributed by atoms with Gasteiger partial charge in [-0.3, -0.25) is 0 Å². The Morgan fingerprint density at radius 2 is 2.19 bits per heavy atom. The minimum Gasteiger partial charge on any atom is -0.382 e. The fraction of sp³-hybridized carbons (Fsp3) is 0.538. The zero-order valence-electron chi connectivity index (χ0n) is 9.79. The SMILES string of the molecule is CCOC1CC(Nc2ccc(F)c(C)c2)C1.